The van der Waals surface area contributed by atoms with Crippen molar-refractivity contribution in [3.05, 3.63) is 30.3 Å². The molecule has 2 rings (SSSR count). The summed E-state index contributed by atoms with van der Waals surface area (Å²) in [6, 6.07) is 11.1. The lowest BCUT2D eigenvalue weighted by Crippen LogP contribution is -2.49. The number of para-hydroxylation sites is 1. The van der Waals surface area contributed by atoms with Crippen LogP contribution in [0.4, 0.5) is 5.69 Å². The molecule has 2 N–H and O–H groups in total. The smallest absolute Gasteiger partial charge is 0.191 e. The minimum atomic E-state index is 0.484. The van der Waals surface area contributed by atoms with Crippen LogP contribution in [0.15, 0.2) is 35.3 Å². The quantitative estimate of drug-likeness (QED) is 0.365. The van der Waals surface area contributed by atoms with Crippen LogP contribution in [-0.4, -0.2) is 87.8 Å². The van der Waals surface area contributed by atoms with Crippen LogP contribution in [0, 0.1) is 0 Å². The highest BCUT2D eigenvalue weighted by Gasteiger charge is 2.18. The van der Waals surface area contributed by atoms with Crippen molar-refractivity contribution in [2.75, 3.05) is 70.9 Å². The summed E-state index contributed by atoms with van der Waals surface area (Å²) in [5.41, 5.74) is 1.30. The van der Waals surface area contributed by atoms with Crippen LogP contribution in [-0.2, 0) is 0 Å². The molecule has 1 saturated heterocycles. The molecule has 1 heterocycles. The maximum absolute atomic E-state index is 4.83. The average Bonchev–Trinajstić information content (AvgIpc) is 2.73. The van der Waals surface area contributed by atoms with E-state index in [2.05, 4.69) is 83.5 Å². The minimum absolute atomic E-state index is 0.484. The first kappa shape index (κ1) is 22.5. The Hall–Kier alpha value is -1.79. The Morgan fingerprint density at radius 3 is 2.46 bits per heavy atom. The predicted molar refractivity (Wildman–Crippen MR) is 121 cm³/mol. The molecule has 1 aromatic carbocycles. The zero-order chi connectivity index (χ0) is 20.2. The molecule has 6 nitrogen and oxygen atoms in total. The van der Waals surface area contributed by atoms with Gasteiger partial charge in [0.25, 0.3) is 0 Å². The molecule has 0 aliphatic carbocycles. The van der Waals surface area contributed by atoms with Crippen molar-refractivity contribution in [1.29, 1.82) is 0 Å². The molecular weight excluding hydrogens is 348 g/mol. The summed E-state index contributed by atoms with van der Waals surface area (Å²) in [6.45, 7) is 15.9. The van der Waals surface area contributed by atoms with E-state index in [9.17, 15) is 0 Å². The van der Waals surface area contributed by atoms with Gasteiger partial charge in [-0.3, -0.25) is 9.89 Å². The molecule has 0 bridgehead atoms. The summed E-state index contributed by atoms with van der Waals surface area (Å²) < 4.78 is 0. The second-order valence-electron chi connectivity index (χ2n) is 7.60. The third-order valence-corrected chi connectivity index (χ3v) is 5.42. The first-order valence-electron chi connectivity index (χ1n) is 10.9. The Morgan fingerprint density at radius 2 is 1.82 bits per heavy atom. The largest absolute Gasteiger partial charge is 0.372 e. The summed E-state index contributed by atoms with van der Waals surface area (Å²) >= 11 is 0. The number of rotatable bonds is 10. The van der Waals surface area contributed by atoms with E-state index in [0.29, 0.717) is 6.04 Å². The molecule has 1 aliphatic heterocycles. The van der Waals surface area contributed by atoms with Gasteiger partial charge >= 0.3 is 0 Å². The Bertz CT molecular complexity index is 553. The highest BCUT2D eigenvalue weighted by atomic mass is 15.3. The lowest BCUT2D eigenvalue weighted by molar-refractivity contribution is 0.122. The van der Waals surface area contributed by atoms with Crippen molar-refractivity contribution in [2.24, 2.45) is 4.99 Å². The van der Waals surface area contributed by atoms with Gasteiger partial charge in [0.15, 0.2) is 5.96 Å². The van der Waals surface area contributed by atoms with Gasteiger partial charge in [-0.25, -0.2) is 0 Å². The van der Waals surface area contributed by atoms with Crippen LogP contribution < -0.4 is 15.5 Å². The Kier molecular flexibility index (Phi) is 10.1. The summed E-state index contributed by atoms with van der Waals surface area (Å²) in [6.07, 6.45) is 1.08. The lowest BCUT2D eigenvalue weighted by Gasteiger charge is -2.35. The van der Waals surface area contributed by atoms with Gasteiger partial charge in [0.2, 0.25) is 0 Å². The van der Waals surface area contributed by atoms with E-state index in [1.165, 1.54) is 5.69 Å². The number of hydrogen-bond donors (Lipinski definition) is 2. The maximum atomic E-state index is 4.83. The highest BCUT2D eigenvalue weighted by molar-refractivity contribution is 5.79. The first-order valence-corrected chi connectivity index (χ1v) is 10.9. The van der Waals surface area contributed by atoms with E-state index in [1.807, 2.05) is 0 Å². The maximum Gasteiger partial charge on any atom is 0.191 e. The molecule has 6 heteroatoms. The molecule has 1 unspecified atom stereocenters. The molecule has 1 aliphatic rings. The zero-order valence-electron chi connectivity index (χ0n) is 18.3. The summed E-state index contributed by atoms with van der Waals surface area (Å²) in [7, 11) is 2.20. The van der Waals surface area contributed by atoms with Crippen LogP contribution >= 0.6 is 0 Å². The lowest BCUT2D eigenvalue weighted by atomic mass is 10.2. The predicted octanol–water partition coefficient (Wildman–Crippen LogP) is 2.09. The zero-order valence-corrected chi connectivity index (χ0v) is 18.3. The number of likely N-dealkylation sites (N-methyl/N-ethyl adjacent to an activating group) is 1. The molecule has 0 radical (unpaired) electrons. The molecule has 1 aromatic rings. The second kappa shape index (κ2) is 12.6. The average molecular weight is 389 g/mol. The van der Waals surface area contributed by atoms with E-state index in [4.69, 9.17) is 4.99 Å². The third-order valence-electron chi connectivity index (χ3n) is 5.42. The van der Waals surface area contributed by atoms with Crippen molar-refractivity contribution in [3.63, 3.8) is 0 Å². The van der Waals surface area contributed by atoms with Gasteiger partial charge in [-0.1, -0.05) is 18.2 Å². The van der Waals surface area contributed by atoms with E-state index in [0.717, 1.165) is 71.3 Å². The second-order valence-corrected chi connectivity index (χ2v) is 7.60. The summed E-state index contributed by atoms with van der Waals surface area (Å²) in [5, 5.41) is 6.88. The van der Waals surface area contributed by atoms with Crippen molar-refractivity contribution in [1.82, 2.24) is 20.4 Å². The fourth-order valence-corrected chi connectivity index (χ4v) is 3.53. The minimum Gasteiger partial charge on any atom is -0.372 e. The van der Waals surface area contributed by atoms with Gasteiger partial charge in [0, 0.05) is 64.1 Å². The molecule has 0 spiro atoms. The SMILES string of the molecule is CCNC(=NCC(C)N1CCN(C)CC1)NCCCN(CC)c1ccccc1. The van der Waals surface area contributed by atoms with Gasteiger partial charge < -0.3 is 20.4 Å². The summed E-state index contributed by atoms with van der Waals surface area (Å²) in [4.78, 5) is 12.2. The van der Waals surface area contributed by atoms with E-state index >= 15 is 0 Å². The van der Waals surface area contributed by atoms with Gasteiger partial charge in [-0.2, -0.15) is 0 Å². The molecule has 1 fully saturated rings. The van der Waals surface area contributed by atoms with Gasteiger partial charge in [0.1, 0.15) is 0 Å². The number of hydrogen-bond acceptors (Lipinski definition) is 4. The molecule has 0 saturated carbocycles. The molecule has 0 amide bonds. The van der Waals surface area contributed by atoms with Crippen molar-refractivity contribution < 1.29 is 0 Å². The number of aliphatic imine (C=N–C) groups is 1. The van der Waals surface area contributed by atoms with Crippen LogP contribution in [0.2, 0.25) is 0 Å². The van der Waals surface area contributed by atoms with Crippen LogP contribution in [0.3, 0.4) is 0 Å². The monoisotopic (exact) mass is 388 g/mol. The first-order chi connectivity index (χ1) is 13.6. The molecule has 0 aromatic heterocycles. The molecule has 1 atom stereocenters. The number of benzene rings is 1. The number of guanidine groups is 1. The van der Waals surface area contributed by atoms with Crippen LogP contribution in [0.5, 0.6) is 0 Å². The highest BCUT2D eigenvalue weighted by Crippen LogP contribution is 2.12. The van der Waals surface area contributed by atoms with E-state index in [1.54, 1.807) is 0 Å². The standard InChI is InChI=1S/C22H40N6/c1-5-23-22(25-19-20(3)28-17-15-26(4)16-18-28)24-13-10-14-27(6-2)21-11-8-7-9-12-21/h7-9,11-12,20H,5-6,10,13-19H2,1-4H3,(H2,23,24,25). The van der Waals surface area contributed by atoms with Crippen molar-refractivity contribution in [2.45, 2.75) is 33.2 Å². The molecular formula is C22H40N6. The molecule has 158 valence electrons. The third kappa shape index (κ3) is 7.68. The van der Waals surface area contributed by atoms with E-state index < -0.39 is 0 Å². The van der Waals surface area contributed by atoms with Gasteiger partial charge in [-0.05, 0) is 46.4 Å². The van der Waals surface area contributed by atoms with Crippen LogP contribution in [0.1, 0.15) is 27.2 Å². The fourth-order valence-electron chi connectivity index (χ4n) is 3.53. The van der Waals surface area contributed by atoms with Crippen molar-refractivity contribution in [3.8, 4) is 0 Å². The molecule has 28 heavy (non-hydrogen) atoms. The fraction of sp³-hybridized carbons (Fsp3) is 0.682. The van der Waals surface area contributed by atoms with Gasteiger partial charge in [-0.15, -0.1) is 0 Å². The number of nitrogens with zero attached hydrogens (tertiary/aromatic N) is 4. The Balaban J connectivity index is 1.74. The Labute approximate surface area is 172 Å². The van der Waals surface area contributed by atoms with Gasteiger partial charge in [0.05, 0.1) is 6.54 Å². The number of piperazine rings is 1. The Morgan fingerprint density at radius 1 is 1.11 bits per heavy atom. The topological polar surface area (TPSA) is 46.1 Å². The normalized spacial score (nSPS) is 17.4. The van der Waals surface area contributed by atoms with Crippen LogP contribution in [0.25, 0.3) is 0 Å². The van der Waals surface area contributed by atoms with Crippen molar-refractivity contribution >= 4 is 11.6 Å². The number of nitrogens with one attached hydrogen (secondary N) is 2. The van der Waals surface area contributed by atoms with E-state index in [-0.39, 0.29) is 0 Å². The summed E-state index contributed by atoms with van der Waals surface area (Å²) in [5.74, 6) is 0.936. The number of anilines is 1.